The highest BCUT2D eigenvalue weighted by molar-refractivity contribution is 9.10. The van der Waals surface area contributed by atoms with Gasteiger partial charge in [0.25, 0.3) is 0 Å². The van der Waals surface area contributed by atoms with E-state index in [1.54, 1.807) is 32.9 Å². The summed E-state index contributed by atoms with van der Waals surface area (Å²) in [5, 5.41) is 3.27. The van der Waals surface area contributed by atoms with E-state index in [9.17, 15) is 9.59 Å². The summed E-state index contributed by atoms with van der Waals surface area (Å²) in [6, 6.07) is 4.88. The van der Waals surface area contributed by atoms with Gasteiger partial charge in [-0.3, -0.25) is 0 Å². The number of rotatable bonds is 4. The van der Waals surface area contributed by atoms with Crippen molar-refractivity contribution in [2.45, 2.75) is 37.3 Å². The minimum atomic E-state index is -1.31. The predicted octanol–water partition coefficient (Wildman–Crippen LogP) is 3.52. The molecule has 144 valence electrons. The van der Waals surface area contributed by atoms with Crippen LogP contribution in [0, 0.1) is 0 Å². The van der Waals surface area contributed by atoms with Crippen LogP contribution in [0.2, 0.25) is 0 Å². The van der Waals surface area contributed by atoms with E-state index in [4.69, 9.17) is 21.1 Å². The fraction of sp³-hybridized carbons (Fsp3) is 0.556. The summed E-state index contributed by atoms with van der Waals surface area (Å²) in [7, 11) is 0. The van der Waals surface area contributed by atoms with E-state index >= 15 is 0 Å². The zero-order chi connectivity index (χ0) is 19.5. The summed E-state index contributed by atoms with van der Waals surface area (Å²) in [6.45, 7) is 10.1. The lowest BCUT2D eigenvalue weighted by Crippen LogP contribution is -2.44. The largest absolute Gasteiger partial charge is 0.456 e. The van der Waals surface area contributed by atoms with Gasteiger partial charge in [0, 0.05) is 33.1 Å². The Morgan fingerprint density at radius 3 is 2.27 bits per heavy atom. The molecule has 1 N–H and O–H groups in total. The van der Waals surface area contributed by atoms with E-state index in [0.717, 1.165) is 31.9 Å². The minimum absolute atomic E-state index is 0.232. The van der Waals surface area contributed by atoms with Crippen LogP contribution in [0.5, 0.6) is 0 Å². The van der Waals surface area contributed by atoms with Crippen LogP contribution < -0.4 is 10.2 Å². The van der Waals surface area contributed by atoms with E-state index in [-0.39, 0.29) is 5.56 Å². The van der Waals surface area contributed by atoms with E-state index < -0.39 is 21.5 Å². The number of hydrogen-bond acceptors (Lipinski definition) is 6. The molecule has 1 unspecified atom stereocenters. The smallest absolute Gasteiger partial charge is 0.340 e. The monoisotopic (exact) mass is 446 g/mol. The lowest BCUT2D eigenvalue weighted by Gasteiger charge is -2.31. The van der Waals surface area contributed by atoms with Crippen molar-refractivity contribution in [3.05, 3.63) is 29.3 Å². The first-order valence-corrected chi connectivity index (χ1v) is 9.57. The quantitative estimate of drug-likeness (QED) is 0.563. The Balaban J connectivity index is 2.38. The second-order valence-electron chi connectivity index (χ2n) is 7.17. The molecule has 0 aliphatic carbocycles. The molecular formula is C18H24BrClN2O4. The second-order valence-corrected chi connectivity index (χ2v) is 9.86. The SMILES string of the molecule is CC(C)(C)OC(=O)c1cc(C(=O)OC(C)(Cl)Br)ccc1N1CCNCC1. The third-order valence-electron chi connectivity index (χ3n) is 3.58. The highest BCUT2D eigenvalue weighted by Gasteiger charge is 2.27. The van der Waals surface area contributed by atoms with E-state index in [2.05, 4.69) is 26.1 Å². The zero-order valence-electron chi connectivity index (χ0n) is 15.4. The van der Waals surface area contributed by atoms with Crippen molar-refractivity contribution in [1.82, 2.24) is 5.32 Å². The third kappa shape index (κ3) is 6.14. The summed E-state index contributed by atoms with van der Waals surface area (Å²) < 4.78 is 9.32. The molecule has 0 saturated carbocycles. The first-order chi connectivity index (χ1) is 12.0. The summed E-state index contributed by atoms with van der Waals surface area (Å²) in [5.41, 5.74) is 0.668. The molecule has 6 nitrogen and oxygen atoms in total. The molecule has 0 aromatic heterocycles. The number of hydrogen-bond donors (Lipinski definition) is 1. The molecule has 1 fully saturated rings. The van der Waals surface area contributed by atoms with Crippen LogP contribution in [0.25, 0.3) is 0 Å². The van der Waals surface area contributed by atoms with Gasteiger partial charge in [0.05, 0.1) is 16.8 Å². The number of nitrogens with one attached hydrogen (secondary N) is 1. The number of carbonyl (C=O) groups is 2. The molecule has 1 atom stereocenters. The number of alkyl halides is 2. The van der Waals surface area contributed by atoms with Crippen LogP contribution in [-0.4, -0.2) is 47.7 Å². The lowest BCUT2D eigenvalue weighted by atomic mass is 10.1. The van der Waals surface area contributed by atoms with Gasteiger partial charge in [-0.15, -0.1) is 0 Å². The Bertz CT molecular complexity index is 677. The molecule has 1 saturated heterocycles. The molecule has 0 radical (unpaired) electrons. The van der Waals surface area contributed by atoms with Crippen molar-refractivity contribution in [2.24, 2.45) is 0 Å². The van der Waals surface area contributed by atoms with Crippen molar-refractivity contribution in [3.63, 3.8) is 0 Å². The Kier molecular flexibility index (Phi) is 6.58. The average molecular weight is 448 g/mol. The van der Waals surface area contributed by atoms with Gasteiger partial charge in [0.2, 0.25) is 3.97 Å². The normalized spacial score (nSPS) is 17.4. The van der Waals surface area contributed by atoms with Crippen LogP contribution in [-0.2, 0) is 9.47 Å². The van der Waals surface area contributed by atoms with Gasteiger partial charge in [-0.2, -0.15) is 0 Å². The standard InChI is InChI=1S/C18H24BrClN2O4/c1-17(2,3)25-16(24)13-11-12(15(23)26-18(4,19)20)5-6-14(13)22-9-7-21-8-10-22/h5-6,11,21H,7-10H2,1-4H3. The van der Waals surface area contributed by atoms with Crippen LogP contribution in [0.15, 0.2) is 18.2 Å². The van der Waals surface area contributed by atoms with Crippen LogP contribution in [0.4, 0.5) is 5.69 Å². The minimum Gasteiger partial charge on any atom is -0.456 e. The summed E-state index contributed by atoms with van der Waals surface area (Å²) in [5.74, 6) is -1.11. The van der Waals surface area contributed by atoms with Gasteiger partial charge in [-0.1, -0.05) is 11.6 Å². The Morgan fingerprint density at radius 2 is 1.73 bits per heavy atom. The Hall–Kier alpha value is -1.31. The third-order valence-corrected chi connectivity index (χ3v) is 3.82. The Labute approximate surface area is 167 Å². The van der Waals surface area contributed by atoms with Crippen molar-refractivity contribution in [1.29, 1.82) is 0 Å². The maximum absolute atomic E-state index is 12.7. The molecule has 8 heteroatoms. The van der Waals surface area contributed by atoms with E-state index in [0.29, 0.717) is 5.56 Å². The van der Waals surface area contributed by atoms with Crippen molar-refractivity contribution in [3.8, 4) is 0 Å². The topological polar surface area (TPSA) is 67.9 Å². The molecule has 2 rings (SSSR count). The van der Waals surface area contributed by atoms with Crippen LogP contribution in [0.1, 0.15) is 48.4 Å². The fourth-order valence-corrected chi connectivity index (χ4v) is 2.78. The summed E-state index contributed by atoms with van der Waals surface area (Å²) in [4.78, 5) is 27.1. The number of esters is 2. The summed E-state index contributed by atoms with van der Waals surface area (Å²) in [6.07, 6.45) is 0. The lowest BCUT2D eigenvalue weighted by molar-refractivity contribution is 0.00702. The second kappa shape index (κ2) is 8.15. The molecule has 0 amide bonds. The number of anilines is 1. The van der Waals surface area contributed by atoms with Gasteiger partial charge >= 0.3 is 11.9 Å². The molecular weight excluding hydrogens is 424 g/mol. The highest BCUT2D eigenvalue weighted by atomic mass is 79.9. The number of benzene rings is 1. The molecule has 0 spiro atoms. The van der Waals surface area contributed by atoms with Crippen LogP contribution >= 0.6 is 27.5 Å². The molecule has 1 aliphatic heterocycles. The van der Waals surface area contributed by atoms with Crippen LogP contribution in [0.3, 0.4) is 0 Å². The predicted molar refractivity (Wildman–Crippen MR) is 105 cm³/mol. The van der Waals surface area contributed by atoms with Gasteiger partial charge in [0.1, 0.15) is 5.60 Å². The van der Waals surface area contributed by atoms with Gasteiger partial charge in [-0.05, 0) is 54.9 Å². The van der Waals surface area contributed by atoms with Crippen molar-refractivity contribution >= 4 is 45.2 Å². The summed E-state index contributed by atoms with van der Waals surface area (Å²) >= 11 is 8.94. The van der Waals surface area contributed by atoms with E-state index in [1.165, 1.54) is 13.0 Å². The molecule has 26 heavy (non-hydrogen) atoms. The average Bonchev–Trinajstić information content (AvgIpc) is 2.52. The first-order valence-electron chi connectivity index (χ1n) is 8.40. The molecule has 1 aliphatic rings. The molecule has 0 bridgehead atoms. The fourth-order valence-electron chi connectivity index (χ4n) is 2.56. The Morgan fingerprint density at radius 1 is 1.12 bits per heavy atom. The number of ether oxygens (including phenoxy) is 2. The highest BCUT2D eigenvalue weighted by Crippen LogP contribution is 2.28. The zero-order valence-corrected chi connectivity index (χ0v) is 17.7. The first kappa shape index (κ1) is 21.0. The van der Waals surface area contributed by atoms with Gasteiger partial charge in [-0.25, -0.2) is 9.59 Å². The number of halogens is 2. The molecule has 1 aromatic rings. The van der Waals surface area contributed by atoms with Crippen molar-refractivity contribution < 1.29 is 19.1 Å². The number of nitrogens with zero attached hydrogens (tertiary/aromatic N) is 1. The maximum Gasteiger partial charge on any atom is 0.340 e. The maximum atomic E-state index is 12.7. The van der Waals surface area contributed by atoms with E-state index in [1.807, 2.05) is 0 Å². The van der Waals surface area contributed by atoms with Gasteiger partial charge < -0.3 is 19.7 Å². The number of piperazine rings is 1. The number of carbonyl (C=O) groups excluding carboxylic acids is 2. The molecule has 1 heterocycles. The van der Waals surface area contributed by atoms with Gasteiger partial charge in [0.15, 0.2) is 0 Å². The van der Waals surface area contributed by atoms with Crippen molar-refractivity contribution in [2.75, 3.05) is 31.1 Å². The molecule has 1 aromatic carbocycles.